The molecule has 0 fully saturated rings. The second-order valence-corrected chi connectivity index (χ2v) is 2.50. The molecule has 0 amide bonds. The highest BCUT2D eigenvalue weighted by molar-refractivity contribution is 7.00. The second kappa shape index (κ2) is 8.49. The van der Waals surface area contributed by atoms with E-state index in [0.29, 0.717) is 5.75 Å². The smallest absolute Gasteiger partial charge is 0.138 e. The number of aromatic hydroxyl groups is 1. The van der Waals surface area contributed by atoms with Gasteiger partial charge < -0.3 is 5.11 Å². The lowest BCUT2D eigenvalue weighted by molar-refractivity contribution is 0.481. The molecule has 0 unspecified atom stereocenters. The molecule has 2 aromatic carbocycles. The lowest BCUT2D eigenvalue weighted by Gasteiger charge is -1.97. The van der Waals surface area contributed by atoms with Crippen molar-refractivity contribution in [3.8, 4) is 5.75 Å². The fourth-order valence-electron chi connectivity index (χ4n) is 1.21. The average molecular weight is 265 g/mol. The molecule has 0 radical (unpaired) electrons. The number of phenols is 1. The lowest BCUT2D eigenvalue weighted by atomic mass is 10.1. The van der Waals surface area contributed by atoms with Crippen molar-refractivity contribution in [2.75, 3.05) is 0 Å². The van der Waals surface area contributed by atoms with Crippen molar-refractivity contribution in [3.05, 3.63) is 42.5 Å². The van der Waals surface area contributed by atoms with Gasteiger partial charge in [0, 0.05) is 5.39 Å². The van der Waals surface area contributed by atoms with Crippen LogP contribution < -0.4 is 0 Å². The Morgan fingerprint density at radius 2 is 1.40 bits per heavy atom. The first kappa shape index (κ1) is 16.6. The molecule has 2 aromatic rings. The third-order valence-corrected chi connectivity index (χ3v) is 1.77. The van der Waals surface area contributed by atoms with E-state index in [0.717, 1.165) is 10.8 Å². The van der Waals surface area contributed by atoms with Crippen molar-refractivity contribution in [3.63, 3.8) is 0 Å². The standard InChI is InChI=1S/C10H8O.2ClH.HOP/c11-10-7-3-5-8-4-1-2-6-9(8)10;;;1-2/h1-7,11H;2*1H;2H. The minimum Gasteiger partial charge on any atom is -0.507 e. The van der Waals surface area contributed by atoms with Crippen LogP contribution >= 0.6 is 33.9 Å². The fourth-order valence-corrected chi connectivity index (χ4v) is 1.21. The number of rotatable bonds is 0. The van der Waals surface area contributed by atoms with Crippen LogP contribution in [0.15, 0.2) is 42.5 Å². The fraction of sp³-hybridized carbons (Fsp3) is 0. The SMILES string of the molecule is Cl.Cl.O=P.Oc1cccc2ccccc12. The maximum atomic E-state index is 9.37. The van der Waals surface area contributed by atoms with Crippen LogP contribution in [0.5, 0.6) is 5.75 Å². The first-order chi connectivity index (χ1) is 6.38. The first-order valence-corrected chi connectivity index (χ1v) is 4.16. The average Bonchev–Trinajstić information content (AvgIpc) is 2.22. The maximum absolute atomic E-state index is 9.37. The van der Waals surface area contributed by atoms with E-state index < -0.39 is 0 Å². The number of hydrogen-bond acceptors (Lipinski definition) is 2. The summed E-state index contributed by atoms with van der Waals surface area (Å²) in [6.45, 7) is 0. The summed E-state index contributed by atoms with van der Waals surface area (Å²) < 4.78 is 8.06. The molecule has 0 heterocycles. The molecule has 15 heavy (non-hydrogen) atoms. The van der Waals surface area contributed by atoms with Crippen LogP contribution in [0.2, 0.25) is 0 Å². The predicted octanol–water partition coefficient (Wildman–Crippen LogP) is 3.86. The second-order valence-electron chi connectivity index (χ2n) is 2.50. The number of phenolic OH excluding ortho intramolecular Hbond substituents is 1. The summed E-state index contributed by atoms with van der Waals surface area (Å²) in [7, 11) is 1.72. The van der Waals surface area contributed by atoms with E-state index in [1.807, 2.05) is 36.4 Å². The van der Waals surface area contributed by atoms with E-state index in [1.165, 1.54) is 0 Å². The van der Waals surface area contributed by atoms with Gasteiger partial charge in [-0.3, -0.25) is 4.57 Å². The van der Waals surface area contributed by atoms with Crippen molar-refractivity contribution in [1.82, 2.24) is 0 Å². The summed E-state index contributed by atoms with van der Waals surface area (Å²) in [6.07, 6.45) is 0. The predicted molar refractivity (Wildman–Crippen MR) is 69.1 cm³/mol. The van der Waals surface area contributed by atoms with Crippen molar-refractivity contribution in [2.45, 2.75) is 0 Å². The largest absolute Gasteiger partial charge is 0.507 e. The Morgan fingerprint density at radius 1 is 0.867 bits per heavy atom. The molecule has 0 aliphatic rings. The molecular weight excluding hydrogens is 254 g/mol. The number of fused-ring (bicyclic) bond motifs is 1. The van der Waals surface area contributed by atoms with Crippen LogP contribution in [0.25, 0.3) is 10.8 Å². The molecule has 82 valence electrons. The van der Waals surface area contributed by atoms with E-state index in [2.05, 4.69) is 0 Å². The van der Waals surface area contributed by atoms with Crippen molar-refractivity contribution < 1.29 is 9.67 Å². The Morgan fingerprint density at radius 3 is 2.00 bits per heavy atom. The monoisotopic (exact) mass is 264 g/mol. The summed E-state index contributed by atoms with van der Waals surface area (Å²) in [5, 5.41) is 11.4. The minimum atomic E-state index is 0. The van der Waals surface area contributed by atoms with Crippen LogP contribution in [-0.2, 0) is 4.57 Å². The molecule has 0 aliphatic heterocycles. The first-order valence-electron chi connectivity index (χ1n) is 3.75. The summed E-state index contributed by atoms with van der Waals surface area (Å²) in [4.78, 5) is 0. The van der Waals surface area contributed by atoms with Crippen LogP contribution in [0.1, 0.15) is 0 Å². The van der Waals surface area contributed by atoms with Gasteiger partial charge in [0.05, 0.1) is 0 Å². The van der Waals surface area contributed by atoms with Gasteiger partial charge in [-0.2, -0.15) is 0 Å². The van der Waals surface area contributed by atoms with Crippen LogP contribution in [0.3, 0.4) is 0 Å². The van der Waals surface area contributed by atoms with Gasteiger partial charge in [-0.05, 0) is 11.5 Å². The molecule has 0 saturated carbocycles. The van der Waals surface area contributed by atoms with Crippen molar-refractivity contribution in [2.24, 2.45) is 0 Å². The summed E-state index contributed by atoms with van der Waals surface area (Å²) in [6, 6.07) is 13.3. The van der Waals surface area contributed by atoms with E-state index in [9.17, 15) is 5.11 Å². The Balaban J connectivity index is 0. The highest BCUT2D eigenvalue weighted by Gasteiger charge is 1.94. The minimum absolute atomic E-state index is 0. The van der Waals surface area contributed by atoms with Crippen LogP contribution in [-0.4, -0.2) is 5.11 Å². The zero-order valence-corrected chi connectivity index (χ0v) is 10.3. The normalized spacial score (nSPS) is 7.73. The van der Waals surface area contributed by atoms with Gasteiger partial charge >= 0.3 is 0 Å². The molecule has 0 saturated heterocycles. The van der Waals surface area contributed by atoms with E-state index >= 15 is 0 Å². The van der Waals surface area contributed by atoms with Gasteiger partial charge in [-0.25, -0.2) is 0 Å². The van der Waals surface area contributed by atoms with Gasteiger partial charge in [0.25, 0.3) is 0 Å². The number of hydrogen-bond donors (Lipinski definition) is 1. The molecule has 0 atom stereocenters. The van der Waals surface area contributed by atoms with E-state index in [4.69, 9.17) is 4.57 Å². The van der Waals surface area contributed by atoms with Gasteiger partial charge in [0.2, 0.25) is 0 Å². The molecule has 2 nitrogen and oxygen atoms in total. The Labute approximate surface area is 103 Å². The molecule has 0 aliphatic carbocycles. The Bertz CT molecular complexity index is 404. The molecular formula is C10H11Cl2O2P. The zero-order chi connectivity index (χ0) is 9.68. The third-order valence-electron chi connectivity index (χ3n) is 1.77. The van der Waals surface area contributed by atoms with Gasteiger partial charge in [0.1, 0.15) is 14.9 Å². The molecule has 0 aromatic heterocycles. The number of halogens is 2. The molecule has 0 bridgehead atoms. The summed E-state index contributed by atoms with van der Waals surface area (Å²) in [5.41, 5.74) is 0. The van der Waals surface area contributed by atoms with E-state index in [1.54, 1.807) is 15.2 Å². The maximum Gasteiger partial charge on any atom is 0.138 e. The molecule has 0 spiro atoms. The van der Waals surface area contributed by atoms with Gasteiger partial charge in [-0.15, -0.1) is 24.8 Å². The molecule has 5 heteroatoms. The van der Waals surface area contributed by atoms with Crippen molar-refractivity contribution in [1.29, 1.82) is 0 Å². The van der Waals surface area contributed by atoms with E-state index in [-0.39, 0.29) is 24.8 Å². The highest BCUT2D eigenvalue weighted by atomic mass is 35.5. The van der Waals surface area contributed by atoms with Gasteiger partial charge in [-0.1, -0.05) is 36.4 Å². The van der Waals surface area contributed by atoms with Crippen LogP contribution in [0.4, 0.5) is 0 Å². The van der Waals surface area contributed by atoms with Crippen molar-refractivity contribution >= 4 is 44.7 Å². The highest BCUT2D eigenvalue weighted by Crippen LogP contribution is 2.22. The quantitative estimate of drug-likeness (QED) is 0.734. The molecule has 1 N–H and O–H groups in total. The van der Waals surface area contributed by atoms with Gasteiger partial charge in [0.15, 0.2) is 0 Å². The number of benzene rings is 2. The topological polar surface area (TPSA) is 37.3 Å². The summed E-state index contributed by atoms with van der Waals surface area (Å²) in [5.74, 6) is 0.350. The lowest BCUT2D eigenvalue weighted by Crippen LogP contribution is -1.70. The van der Waals surface area contributed by atoms with Crippen LogP contribution in [0, 0.1) is 0 Å². The molecule has 2 rings (SSSR count). The Hall–Kier alpha value is -0.820. The summed E-state index contributed by atoms with van der Waals surface area (Å²) >= 11 is 0. The zero-order valence-electron chi connectivity index (χ0n) is 7.71. The Kier molecular flexibility index (Phi) is 9.39. The third kappa shape index (κ3) is 4.05.